The van der Waals surface area contributed by atoms with E-state index in [4.69, 9.17) is 10.5 Å². The summed E-state index contributed by atoms with van der Waals surface area (Å²) in [6, 6.07) is 2.12. The molecular formula is C21H33N7OS. The number of imidazole rings is 1. The lowest BCUT2D eigenvalue weighted by Crippen LogP contribution is -2.42. The number of aromatic nitrogens is 4. The Kier molecular flexibility index (Phi) is 5.92. The van der Waals surface area contributed by atoms with E-state index in [1.54, 1.807) is 7.05 Å². The van der Waals surface area contributed by atoms with Crippen molar-refractivity contribution in [1.29, 1.82) is 0 Å². The molecule has 3 aromatic heterocycles. The normalized spacial score (nSPS) is 17.3. The van der Waals surface area contributed by atoms with E-state index >= 15 is 0 Å². The number of hydrogen-bond donors (Lipinski definition) is 1. The molecule has 0 atom stereocenters. The maximum absolute atomic E-state index is 5.99. The van der Waals surface area contributed by atoms with Crippen LogP contribution in [-0.4, -0.2) is 81.1 Å². The molecule has 0 spiro atoms. The van der Waals surface area contributed by atoms with E-state index in [1.165, 1.54) is 5.69 Å². The second kappa shape index (κ2) is 8.47. The van der Waals surface area contributed by atoms with Gasteiger partial charge in [-0.3, -0.25) is 9.39 Å². The summed E-state index contributed by atoms with van der Waals surface area (Å²) in [7, 11) is 1.21. The standard InChI is InChI=1S/C21H33N7OS/c1-23-21(22)26-8-5-16(6-9-26)18-13-24-19-14-25-20-17(28(18)19)7-10-27(20)15-29-11-12-30(2,3)4/h7,10,13-14,16H,5-6,8-9,11-12,15H2,1-4H3,(H2,22,23). The van der Waals surface area contributed by atoms with Gasteiger partial charge in [-0.2, -0.15) is 0 Å². The fourth-order valence-electron chi connectivity index (χ4n) is 4.03. The van der Waals surface area contributed by atoms with Crippen molar-refractivity contribution >= 4 is 32.8 Å². The molecular weight excluding hydrogens is 398 g/mol. The van der Waals surface area contributed by atoms with E-state index in [-0.39, 0.29) is 0 Å². The van der Waals surface area contributed by atoms with Gasteiger partial charge in [-0.05, 0) is 37.7 Å². The van der Waals surface area contributed by atoms with E-state index in [0.717, 1.165) is 55.1 Å². The first-order valence-corrected chi connectivity index (χ1v) is 13.4. The van der Waals surface area contributed by atoms with Gasteiger partial charge in [0.2, 0.25) is 0 Å². The minimum Gasteiger partial charge on any atom is -0.370 e. The van der Waals surface area contributed by atoms with Crippen LogP contribution in [0.25, 0.3) is 16.8 Å². The van der Waals surface area contributed by atoms with E-state index < -0.39 is 10.0 Å². The Morgan fingerprint density at radius 1 is 1.23 bits per heavy atom. The summed E-state index contributed by atoms with van der Waals surface area (Å²) in [4.78, 5) is 15.6. The summed E-state index contributed by atoms with van der Waals surface area (Å²) in [6.45, 7) is 3.13. The molecule has 0 unspecified atom stereocenters. The van der Waals surface area contributed by atoms with Crippen LogP contribution in [0.1, 0.15) is 24.5 Å². The van der Waals surface area contributed by atoms with Crippen LogP contribution in [0.15, 0.2) is 29.6 Å². The highest BCUT2D eigenvalue weighted by molar-refractivity contribution is 8.32. The first kappa shape index (κ1) is 21.0. The second-order valence-corrected chi connectivity index (χ2v) is 13.4. The molecule has 0 aromatic carbocycles. The van der Waals surface area contributed by atoms with Crippen molar-refractivity contribution in [2.45, 2.75) is 25.5 Å². The number of fused-ring (bicyclic) bond motifs is 3. The second-order valence-electron chi connectivity index (χ2n) is 8.80. The van der Waals surface area contributed by atoms with Crippen LogP contribution < -0.4 is 5.73 Å². The predicted molar refractivity (Wildman–Crippen MR) is 126 cm³/mol. The average molecular weight is 432 g/mol. The van der Waals surface area contributed by atoms with Gasteiger partial charge < -0.3 is 19.9 Å². The molecule has 8 nitrogen and oxygen atoms in total. The van der Waals surface area contributed by atoms with Gasteiger partial charge in [0.05, 0.1) is 18.3 Å². The van der Waals surface area contributed by atoms with Crippen molar-refractivity contribution in [3.05, 3.63) is 30.4 Å². The highest BCUT2D eigenvalue weighted by Gasteiger charge is 2.25. The van der Waals surface area contributed by atoms with Crippen molar-refractivity contribution in [3.8, 4) is 0 Å². The number of aliphatic imine (C=N–C) groups is 1. The predicted octanol–water partition coefficient (Wildman–Crippen LogP) is 2.48. The van der Waals surface area contributed by atoms with Gasteiger partial charge in [0.25, 0.3) is 0 Å². The SMILES string of the molecule is CN=C(N)N1CCC(c2cnc3cnc4c(ccn4COCCS(C)(C)C)n23)CC1. The van der Waals surface area contributed by atoms with Crippen LogP contribution in [0, 0.1) is 0 Å². The molecule has 0 bridgehead atoms. The third-order valence-electron chi connectivity index (χ3n) is 5.81. The number of guanidine groups is 1. The molecule has 30 heavy (non-hydrogen) atoms. The summed E-state index contributed by atoms with van der Waals surface area (Å²) in [6.07, 6.45) is 14.9. The lowest BCUT2D eigenvalue weighted by atomic mass is 9.94. The molecule has 3 aromatic rings. The summed E-state index contributed by atoms with van der Waals surface area (Å²) < 4.78 is 10.3. The summed E-state index contributed by atoms with van der Waals surface area (Å²) in [5, 5.41) is 0. The van der Waals surface area contributed by atoms with E-state index in [1.807, 2.05) is 12.4 Å². The zero-order valence-electron chi connectivity index (χ0n) is 18.4. The minimum atomic E-state index is -0.539. The Hall–Kier alpha value is -2.26. The third-order valence-corrected chi connectivity index (χ3v) is 7.20. The quantitative estimate of drug-likeness (QED) is 0.368. The number of rotatable bonds is 6. The molecule has 1 fully saturated rings. The molecule has 0 radical (unpaired) electrons. The van der Waals surface area contributed by atoms with Crippen LogP contribution in [-0.2, 0) is 11.5 Å². The first-order chi connectivity index (χ1) is 14.4. The Morgan fingerprint density at radius 2 is 2.00 bits per heavy atom. The fraction of sp³-hybridized carbons (Fsp3) is 0.571. The molecule has 1 aliphatic heterocycles. The van der Waals surface area contributed by atoms with Gasteiger partial charge in [-0.25, -0.2) is 20.0 Å². The average Bonchev–Trinajstić information content (AvgIpc) is 3.34. The number of likely N-dealkylation sites (tertiary alicyclic amines) is 1. The zero-order chi connectivity index (χ0) is 21.3. The zero-order valence-corrected chi connectivity index (χ0v) is 19.2. The number of hydrogen-bond acceptors (Lipinski definition) is 4. The minimum absolute atomic E-state index is 0.445. The summed E-state index contributed by atoms with van der Waals surface area (Å²) in [5.74, 6) is 2.19. The molecule has 164 valence electrons. The first-order valence-electron chi connectivity index (χ1n) is 10.4. The number of nitrogens with zero attached hydrogens (tertiary/aromatic N) is 6. The Bertz CT molecular complexity index is 1040. The van der Waals surface area contributed by atoms with Crippen molar-refractivity contribution in [3.63, 3.8) is 0 Å². The fourth-order valence-corrected chi connectivity index (χ4v) is 4.65. The maximum Gasteiger partial charge on any atom is 0.190 e. The molecule has 4 heterocycles. The topological polar surface area (TPSA) is 86.0 Å². The molecule has 9 heteroatoms. The monoisotopic (exact) mass is 431 g/mol. The van der Waals surface area contributed by atoms with E-state index in [0.29, 0.717) is 18.6 Å². The van der Waals surface area contributed by atoms with Gasteiger partial charge in [-0.1, -0.05) is 0 Å². The van der Waals surface area contributed by atoms with Gasteiger partial charge in [0.15, 0.2) is 17.3 Å². The molecule has 4 rings (SSSR count). The van der Waals surface area contributed by atoms with Crippen LogP contribution in [0.4, 0.5) is 0 Å². The van der Waals surface area contributed by atoms with Crippen molar-refractivity contribution < 1.29 is 4.74 Å². The lowest BCUT2D eigenvalue weighted by molar-refractivity contribution is 0.0923. The van der Waals surface area contributed by atoms with E-state index in [2.05, 4.69) is 59.9 Å². The van der Waals surface area contributed by atoms with Crippen LogP contribution in [0.5, 0.6) is 0 Å². The van der Waals surface area contributed by atoms with Crippen LogP contribution in [0.2, 0.25) is 0 Å². The highest BCUT2D eigenvalue weighted by Crippen LogP contribution is 2.33. The van der Waals surface area contributed by atoms with Gasteiger partial charge in [0.1, 0.15) is 6.73 Å². The van der Waals surface area contributed by atoms with Crippen molar-refractivity contribution in [1.82, 2.24) is 23.8 Å². The largest absolute Gasteiger partial charge is 0.370 e. The smallest absolute Gasteiger partial charge is 0.190 e. The van der Waals surface area contributed by atoms with Gasteiger partial charge in [0, 0.05) is 49.9 Å². The van der Waals surface area contributed by atoms with Gasteiger partial charge in [-0.15, -0.1) is 0 Å². The number of nitrogens with two attached hydrogens (primary N) is 1. The molecule has 1 saturated heterocycles. The van der Waals surface area contributed by atoms with Gasteiger partial charge >= 0.3 is 0 Å². The number of ether oxygens (including phenoxy) is 1. The Labute approximate surface area is 179 Å². The van der Waals surface area contributed by atoms with Crippen LogP contribution in [0.3, 0.4) is 0 Å². The molecule has 1 aliphatic rings. The highest BCUT2D eigenvalue weighted by atomic mass is 32.3. The maximum atomic E-state index is 5.99. The Balaban J connectivity index is 1.54. The summed E-state index contributed by atoms with van der Waals surface area (Å²) in [5.41, 5.74) is 10.2. The van der Waals surface area contributed by atoms with Crippen molar-refractivity contribution in [2.75, 3.05) is 51.3 Å². The molecule has 0 aliphatic carbocycles. The number of piperidine rings is 1. The Morgan fingerprint density at radius 3 is 2.70 bits per heavy atom. The lowest BCUT2D eigenvalue weighted by Gasteiger charge is -2.32. The third kappa shape index (κ3) is 4.27. The molecule has 0 saturated carbocycles. The molecule has 0 amide bonds. The van der Waals surface area contributed by atoms with Crippen molar-refractivity contribution in [2.24, 2.45) is 10.7 Å². The molecule has 2 N–H and O–H groups in total. The van der Waals surface area contributed by atoms with Crippen LogP contribution >= 0.6 is 10.0 Å². The van der Waals surface area contributed by atoms with E-state index in [9.17, 15) is 0 Å². The summed E-state index contributed by atoms with van der Waals surface area (Å²) >= 11 is 0.